The van der Waals surface area contributed by atoms with Crippen LogP contribution in [0.15, 0.2) is 44.3 Å². The second-order valence-corrected chi connectivity index (χ2v) is 6.79. The third kappa shape index (κ3) is 2.22. The zero-order chi connectivity index (χ0) is 18.7. The maximum absolute atomic E-state index is 13.0. The van der Waals surface area contributed by atoms with Crippen molar-refractivity contribution in [2.24, 2.45) is 0 Å². The first-order valence-corrected chi connectivity index (χ1v) is 8.59. The molecule has 6 heteroatoms. The number of rotatable bonds is 0. The minimum Gasteiger partial charge on any atom is -0.437 e. The van der Waals surface area contributed by atoms with Gasteiger partial charge in [0, 0.05) is 5.56 Å². The van der Waals surface area contributed by atoms with Crippen LogP contribution in [0.25, 0.3) is 33.3 Å². The number of nitriles is 1. The SMILES string of the molecule is Cc1ccc2oc3nc4c(cc3c(=O)c2c1)-c1[nH]c(=O)c(C#N)cc1CC4. The molecule has 3 heterocycles. The van der Waals surface area contributed by atoms with Gasteiger partial charge in [-0.15, -0.1) is 0 Å². The number of benzene rings is 1. The molecule has 0 saturated heterocycles. The van der Waals surface area contributed by atoms with Crippen molar-refractivity contribution in [3.8, 4) is 17.3 Å². The van der Waals surface area contributed by atoms with Crippen LogP contribution in [0.1, 0.15) is 22.4 Å². The Labute approximate surface area is 152 Å². The predicted octanol–water partition coefficient (Wildman–Crippen LogP) is 2.98. The molecule has 0 spiro atoms. The number of hydrogen-bond acceptors (Lipinski definition) is 5. The molecule has 0 fully saturated rings. The molecule has 0 radical (unpaired) electrons. The summed E-state index contributed by atoms with van der Waals surface area (Å²) >= 11 is 0. The van der Waals surface area contributed by atoms with Crippen LogP contribution in [-0.2, 0) is 12.8 Å². The fourth-order valence-electron chi connectivity index (χ4n) is 3.69. The van der Waals surface area contributed by atoms with E-state index in [9.17, 15) is 9.59 Å². The summed E-state index contributed by atoms with van der Waals surface area (Å²) in [5.41, 5.74) is 4.27. The van der Waals surface area contributed by atoms with Crippen LogP contribution in [0.2, 0.25) is 0 Å². The van der Waals surface area contributed by atoms with E-state index in [1.54, 1.807) is 24.3 Å². The molecule has 1 N–H and O–H groups in total. The van der Waals surface area contributed by atoms with Gasteiger partial charge in [-0.3, -0.25) is 9.59 Å². The highest BCUT2D eigenvalue weighted by atomic mass is 16.3. The molecule has 1 aromatic carbocycles. The van der Waals surface area contributed by atoms with Gasteiger partial charge < -0.3 is 9.40 Å². The Morgan fingerprint density at radius 2 is 2.00 bits per heavy atom. The molecule has 0 amide bonds. The molecule has 1 aliphatic rings. The molecule has 130 valence electrons. The number of nitrogens with zero attached hydrogens (tertiary/aromatic N) is 2. The minimum atomic E-state index is -0.439. The van der Waals surface area contributed by atoms with Gasteiger partial charge in [0.2, 0.25) is 11.1 Å². The summed E-state index contributed by atoms with van der Waals surface area (Å²) in [7, 11) is 0. The van der Waals surface area contributed by atoms with E-state index in [1.165, 1.54) is 0 Å². The summed E-state index contributed by atoms with van der Waals surface area (Å²) in [5.74, 6) is 0. The minimum absolute atomic E-state index is 0.0898. The highest BCUT2D eigenvalue weighted by molar-refractivity contribution is 5.91. The van der Waals surface area contributed by atoms with Gasteiger partial charge >= 0.3 is 0 Å². The number of hydrogen-bond donors (Lipinski definition) is 1. The van der Waals surface area contributed by atoms with Crippen LogP contribution in [0.5, 0.6) is 0 Å². The second-order valence-electron chi connectivity index (χ2n) is 6.79. The van der Waals surface area contributed by atoms with Crippen LogP contribution in [0.4, 0.5) is 0 Å². The number of nitrogens with one attached hydrogen (secondary N) is 1. The second kappa shape index (κ2) is 5.39. The normalized spacial score (nSPS) is 12.6. The van der Waals surface area contributed by atoms with Gasteiger partial charge in [0.15, 0.2) is 0 Å². The van der Waals surface area contributed by atoms with Crippen molar-refractivity contribution >= 4 is 22.1 Å². The maximum atomic E-state index is 13.0. The quantitative estimate of drug-likeness (QED) is 0.489. The molecule has 4 aromatic rings. The molecule has 0 aliphatic heterocycles. The number of aromatic nitrogens is 2. The molecule has 0 saturated carbocycles. The molecule has 0 atom stereocenters. The van der Waals surface area contributed by atoms with E-state index >= 15 is 0 Å². The Morgan fingerprint density at radius 1 is 1.15 bits per heavy atom. The number of aryl methyl sites for hydroxylation is 3. The average Bonchev–Trinajstić information content (AvgIpc) is 2.67. The highest BCUT2D eigenvalue weighted by Crippen LogP contribution is 2.32. The Bertz CT molecular complexity index is 1440. The van der Waals surface area contributed by atoms with E-state index in [1.807, 2.05) is 19.1 Å². The first-order valence-electron chi connectivity index (χ1n) is 8.59. The number of H-pyrrole nitrogens is 1. The molecular formula is C21H13N3O3. The molecule has 1 aliphatic carbocycles. The Balaban J connectivity index is 1.86. The summed E-state index contributed by atoms with van der Waals surface area (Å²) in [6.45, 7) is 1.92. The zero-order valence-corrected chi connectivity index (χ0v) is 14.4. The highest BCUT2D eigenvalue weighted by Gasteiger charge is 2.22. The summed E-state index contributed by atoms with van der Waals surface area (Å²) < 4.78 is 5.87. The summed E-state index contributed by atoms with van der Waals surface area (Å²) in [4.78, 5) is 32.4. The van der Waals surface area contributed by atoms with Crippen molar-refractivity contribution < 1.29 is 4.42 Å². The van der Waals surface area contributed by atoms with Crippen molar-refractivity contribution in [1.82, 2.24) is 9.97 Å². The van der Waals surface area contributed by atoms with Gasteiger partial charge in [0.25, 0.3) is 5.56 Å². The first kappa shape index (κ1) is 15.5. The summed E-state index contributed by atoms with van der Waals surface area (Å²) in [6, 6.07) is 10.7. The first-order chi connectivity index (χ1) is 13.0. The van der Waals surface area contributed by atoms with Gasteiger partial charge in [-0.1, -0.05) is 11.6 Å². The number of aromatic amines is 1. The lowest BCUT2D eigenvalue weighted by atomic mass is 9.91. The molecule has 0 bridgehead atoms. The fourth-order valence-corrected chi connectivity index (χ4v) is 3.69. The van der Waals surface area contributed by atoms with Gasteiger partial charge in [0.05, 0.1) is 22.2 Å². The topological polar surface area (TPSA) is 99.8 Å². The summed E-state index contributed by atoms with van der Waals surface area (Å²) in [6.07, 6.45) is 1.30. The van der Waals surface area contributed by atoms with E-state index in [0.29, 0.717) is 46.2 Å². The molecule has 0 unspecified atom stereocenters. The van der Waals surface area contributed by atoms with Crippen molar-refractivity contribution in [2.75, 3.05) is 0 Å². The lowest BCUT2D eigenvalue weighted by Crippen LogP contribution is -2.17. The van der Waals surface area contributed by atoms with Gasteiger partial charge in [-0.2, -0.15) is 5.26 Å². The standard InChI is InChI=1S/C21H13N3O3/c1-10-2-5-17-14(6-10)19(25)15-8-13-16(23-21(15)27-17)4-3-11-7-12(9-22)20(26)24-18(11)13/h2,5-8H,3-4H2,1H3,(H,24,26). The van der Waals surface area contributed by atoms with Crippen molar-refractivity contribution in [2.45, 2.75) is 19.8 Å². The van der Waals surface area contributed by atoms with Crippen molar-refractivity contribution in [3.63, 3.8) is 0 Å². The zero-order valence-electron chi connectivity index (χ0n) is 14.4. The van der Waals surface area contributed by atoms with Gasteiger partial charge in [0.1, 0.15) is 17.2 Å². The third-order valence-electron chi connectivity index (χ3n) is 5.04. The smallest absolute Gasteiger partial charge is 0.266 e. The molecule has 3 aromatic heterocycles. The largest absolute Gasteiger partial charge is 0.437 e. The van der Waals surface area contributed by atoms with Crippen LogP contribution < -0.4 is 11.0 Å². The van der Waals surface area contributed by atoms with E-state index in [0.717, 1.165) is 16.8 Å². The summed E-state index contributed by atoms with van der Waals surface area (Å²) in [5, 5.41) is 9.97. The molecule has 6 nitrogen and oxygen atoms in total. The van der Waals surface area contributed by atoms with E-state index < -0.39 is 5.56 Å². The molecule has 27 heavy (non-hydrogen) atoms. The lowest BCUT2D eigenvalue weighted by Gasteiger charge is -2.19. The van der Waals surface area contributed by atoms with Crippen LogP contribution >= 0.6 is 0 Å². The Kier molecular flexibility index (Phi) is 3.10. The predicted molar refractivity (Wildman–Crippen MR) is 101 cm³/mol. The van der Waals surface area contributed by atoms with Gasteiger partial charge in [-0.25, -0.2) is 4.98 Å². The van der Waals surface area contributed by atoms with Crippen LogP contribution in [0, 0.1) is 18.3 Å². The lowest BCUT2D eigenvalue weighted by molar-refractivity contribution is 0.641. The number of pyridine rings is 2. The monoisotopic (exact) mass is 355 g/mol. The van der Waals surface area contributed by atoms with Crippen molar-refractivity contribution in [1.29, 1.82) is 5.26 Å². The number of fused-ring (bicyclic) bond motifs is 5. The van der Waals surface area contributed by atoms with Crippen LogP contribution in [-0.4, -0.2) is 9.97 Å². The molecular weight excluding hydrogens is 342 g/mol. The van der Waals surface area contributed by atoms with E-state index in [4.69, 9.17) is 9.68 Å². The Morgan fingerprint density at radius 3 is 2.81 bits per heavy atom. The van der Waals surface area contributed by atoms with Crippen LogP contribution in [0.3, 0.4) is 0 Å². The molecule has 5 rings (SSSR count). The van der Waals surface area contributed by atoms with E-state index in [2.05, 4.69) is 9.97 Å². The maximum Gasteiger partial charge on any atom is 0.266 e. The third-order valence-corrected chi connectivity index (χ3v) is 5.04. The van der Waals surface area contributed by atoms with Gasteiger partial charge in [-0.05, 0) is 49.6 Å². The van der Waals surface area contributed by atoms with Crippen molar-refractivity contribution in [3.05, 3.63) is 73.3 Å². The Hall–Kier alpha value is -3.72. The van der Waals surface area contributed by atoms with E-state index in [-0.39, 0.29) is 11.0 Å². The fraction of sp³-hybridized carbons (Fsp3) is 0.143. The average molecular weight is 355 g/mol.